The van der Waals surface area contributed by atoms with Crippen molar-refractivity contribution >= 4 is 40.7 Å². The van der Waals surface area contributed by atoms with E-state index in [1.807, 2.05) is 0 Å². The molecule has 3 rings (SSSR count). The number of benzene rings is 1. The number of ether oxygens (including phenoxy) is 1. The van der Waals surface area contributed by atoms with Gasteiger partial charge in [0.15, 0.2) is 0 Å². The van der Waals surface area contributed by atoms with Crippen LogP contribution in [0.1, 0.15) is 6.92 Å². The third kappa shape index (κ3) is 4.39. The van der Waals surface area contributed by atoms with Crippen LogP contribution in [0.25, 0.3) is 0 Å². The highest BCUT2D eigenvalue weighted by Gasteiger charge is 2.30. The van der Waals surface area contributed by atoms with Crippen LogP contribution in [-0.4, -0.2) is 58.7 Å². The second-order valence-corrected chi connectivity index (χ2v) is 6.39. The Hall–Kier alpha value is -3.14. The van der Waals surface area contributed by atoms with Crippen molar-refractivity contribution in [1.29, 1.82) is 0 Å². The smallest absolute Gasteiger partial charge is 0.409 e. The molecule has 1 amide bonds. The Morgan fingerprint density at radius 1 is 1.25 bits per heavy atom. The fourth-order valence-electron chi connectivity index (χ4n) is 2.85. The topological polar surface area (TPSA) is 114 Å². The van der Waals surface area contributed by atoms with Gasteiger partial charge in [-0.2, -0.15) is 0 Å². The third-order valence-corrected chi connectivity index (χ3v) is 4.45. The maximum atomic E-state index is 11.8. The lowest BCUT2D eigenvalue weighted by Crippen LogP contribution is -2.49. The summed E-state index contributed by atoms with van der Waals surface area (Å²) in [7, 11) is 0. The Morgan fingerprint density at radius 2 is 1.93 bits per heavy atom. The van der Waals surface area contributed by atoms with E-state index in [4.69, 9.17) is 16.3 Å². The predicted molar refractivity (Wildman–Crippen MR) is 104 cm³/mol. The molecule has 1 aliphatic rings. The van der Waals surface area contributed by atoms with Crippen LogP contribution in [0.3, 0.4) is 0 Å². The molecule has 2 aromatic rings. The van der Waals surface area contributed by atoms with Gasteiger partial charge in [0.05, 0.1) is 11.5 Å². The van der Waals surface area contributed by atoms with E-state index >= 15 is 0 Å². The summed E-state index contributed by atoms with van der Waals surface area (Å²) in [5, 5.41) is 15.2. The molecular weight excluding hydrogens is 388 g/mol. The van der Waals surface area contributed by atoms with Gasteiger partial charge in [-0.25, -0.2) is 14.8 Å². The van der Waals surface area contributed by atoms with E-state index in [1.165, 1.54) is 6.33 Å². The molecule has 10 nitrogen and oxygen atoms in total. The molecule has 1 fully saturated rings. The number of hydrogen-bond acceptors (Lipinski definition) is 8. The molecule has 0 radical (unpaired) electrons. The molecule has 1 aromatic carbocycles. The lowest BCUT2D eigenvalue weighted by molar-refractivity contribution is -0.383. The van der Waals surface area contributed by atoms with Gasteiger partial charge in [0.2, 0.25) is 11.6 Å². The Bertz CT molecular complexity index is 855. The Labute approximate surface area is 166 Å². The van der Waals surface area contributed by atoms with Crippen LogP contribution in [0, 0.1) is 10.1 Å². The number of hydrogen-bond donors (Lipinski definition) is 1. The number of rotatable bonds is 5. The summed E-state index contributed by atoms with van der Waals surface area (Å²) in [4.78, 5) is 34.6. The van der Waals surface area contributed by atoms with Crippen LogP contribution in [0.4, 0.5) is 27.8 Å². The molecule has 0 unspecified atom stereocenters. The van der Waals surface area contributed by atoms with Gasteiger partial charge in [0.25, 0.3) is 0 Å². The molecular formula is C17H19ClN6O4. The number of nitro groups is 1. The number of piperazine rings is 1. The first-order chi connectivity index (χ1) is 13.5. The van der Waals surface area contributed by atoms with E-state index < -0.39 is 4.92 Å². The van der Waals surface area contributed by atoms with Gasteiger partial charge in [-0.15, -0.1) is 0 Å². The van der Waals surface area contributed by atoms with E-state index in [0.29, 0.717) is 43.5 Å². The maximum Gasteiger partial charge on any atom is 0.409 e. The zero-order chi connectivity index (χ0) is 20.1. The van der Waals surface area contributed by atoms with E-state index in [2.05, 4.69) is 15.3 Å². The van der Waals surface area contributed by atoms with Crippen LogP contribution in [-0.2, 0) is 4.74 Å². The van der Waals surface area contributed by atoms with Crippen molar-refractivity contribution in [2.24, 2.45) is 0 Å². The van der Waals surface area contributed by atoms with Crippen LogP contribution < -0.4 is 10.2 Å². The van der Waals surface area contributed by atoms with E-state index in [1.54, 1.807) is 41.0 Å². The molecule has 2 heterocycles. The first kappa shape index (κ1) is 19.6. The van der Waals surface area contributed by atoms with Crippen LogP contribution in [0.5, 0.6) is 0 Å². The molecule has 0 bridgehead atoms. The van der Waals surface area contributed by atoms with E-state index in [-0.39, 0.29) is 23.4 Å². The van der Waals surface area contributed by atoms with Crippen molar-refractivity contribution in [3.63, 3.8) is 0 Å². The van der Waals surface area contributed by atoms with Gasteiger partial charge < -0.3 is 19.9 Å². The van der Waals surface area contributed by atoms with Crippen LogP contribution in [0.15, 0.2) is 30.6 Å². The van der Waals surface area contributed by atoms with Crippen molar-refractivity contribution in [2.45, 2.75) is 6.92 Å². The Kier molecular flexibility index (Phi) is 6.09. The monoisotopic (exact) mass is 406 g/mol. The third-order valence-electron chi connectivity index (χ3n) is 4.20. The average Bonchev–Trinajstić information content (AvgIpc) is 2.69. The number of halogens is 1. The number of aromatic nitrogens is 2. The van der Waals surface area contributed by atoms with Gasteiger partial charge in [-0.3, -0.25) is 10.1 Å². The van der Waals surface area contributed by atoms with Gasteiger partial charge in [0.1, 0.15) is 6.33 Å². The maximum absolute atomic E-state index is 11.8. The second-order valence-electron chi connectivity index (χ2n) is 5.96. The Morgan fingerprint density at radius 3 is 2.54 bits per heavy atom. The van der Waals surface area contributed by atoms with E-state index in [9.17, 15) is 14.9 Å². The molecule has 1 aromatic heterocycles. The lowest BCUT2D eigenvalue weighted by atomic mass is 10.3. The number of nitrogens with zero attached hydrogens (tertiary/aromatic N) is 5. The second kappa shape index (κ2) is 8.70. The van der Waals surface area contributed by atoms with Crippen molar-refractivity contribution in [3.8, 4) is 0 Å². The van der Waals surface area contributed by atoms with Gasteiger partial charge in [-0.1, -0.05) is 11.6 Å². The number of carbonyl (C=O) groups is 1. The SMILES string of the molecule is CCOC(=O)N1CCN(c2ncnc(Nc3ccc(Cl)cc3)c2[N+](=O)[O-])CC1. The van der Waals surface area contributed by atoms with Crippen molar-refractivity contribution in [2.75, 3.05) is 43.0 Å². The number of carbonyl (C=O) groups excluding carboxylic acids is 1. The molecule has 1 aliphatic heterocycles. The first-order valence-corrected chi connectivity index (χ1v) is 9.06. The lowest BCUT2D eigenvalue weighted by Gasteiger charge is -2.34. The Balaban J connectivity index is 1.81. The van der Waals surface area contributed by atoms with Crippen LogP contribution >= 0.6 is 11.6 Å². The molecule has 0 atom stereocenters. The largest absolute Gasteiger partial charge is 0.450 e. The molecule has 28 heavy (non-hydrogen) atoms. The summed E-state index contributed by atoms with van der Waals surface area (Å²) in [6, 6.07) is 6.75. The zero-order valence-corrected chi connectivity index (χ0v) is 15.9. The molecule has 1 N–H and O–H groups in total. The van der Waals surface area contributed by atoms with Gasteiger partial charge in [-0.05, 0) is 31.2 Å². The molecule has 1 saturated heterocycles. The standard InChI is InChI=1S/C17H19ClN6O4/c1-2-28-17(25)23-9-7-22(8-10-23)16-14(24(26)27)15(19-11-20-16)21-13-5-3-12(18)4-6-13/h3-6,11H,2,7-10H2,1H3,(H,19,20,21). The number of anilines is 3. The zero-order valence-electron chi connectivity index (χ0n) is 15.2. The van der Waals surface area contributed by atoms with E-state index in [0.717, 1.165) is 0 Å². The summed E-state index contributed by atoms with van der Waals surface area (Å²) in [5.74, 6) is 0.296. The minimum atomic E-state index is -0.509. The molecule has 0 aliphatic carbocycles. The first-order valence-electron chi connectivity index (χ1n) is 8.68. The number of nitrogens with one attached hydrogen (secondary N) is 1. The summed E-state index contributed by atoms with van der Waals surface area (Å²) in [5.41, 5.74) is 0.395. The summed E-state index contributed by atoms with van der Waals surface area (Å²) < 4.78 is 4.99. The highest BCUT2D eigenvalue weighted by molar-refractivity contribution is 6.30. The molecule has 11 heteroatoms. The normalized spacial score (nSPS) is 13.9. The molecule has 148 valence electrons. The quantitative estimate of drug-likeness (QED) is 0.595. The average molecular weight is 407 g/mol. The van der Waals surface area contributed by atoms with Gasteiger partial charge >= 0.3 is 11.8 Å². The summed E-state index contributed by atoms with van der Waals surface area (Å²) in [6.45, 7) is 3.62. The molecule has 0 spiro atoms. The predicted octanol–water partition coefficient (Wildman–Crippen LogP) is 3.06. The minimum absolute atomic E-state index is 0.0881. The van der Waals surface area contributed by atoms with Crippen molar-refractivity contribution < 1.29 is 14.5 Å². The number of amides is 1. The van der Waals surface area contributed by atoms with Crippen molar-refractivity contribution in [1.82, 2.24) is 14.9 Å². The summed E-state index contributed by atoms with van der Waals surface area (Å²) >= 11 is 5.87. The van der Waals surface area contributed by atoms with Crippen molar-refractivity contribution in [3.05, 3.63) is 45.7 Å². The fraction of sp³-hybridized carbons (Fsp3) is 0.353. The molecule has 0 saturated carbocycles. The highest BCUT2D eigenvalue weighted by atomic mass is 35.5. The highest BCUT2D eigenvalue weighted by Crippen LogP contribution is 2.34. The minimum Gasteiger partial charge on any atom is -0.450 e. The van der Waals surface area contributed by atoms with Crippen LogP contribution in [0.2, 0.25) is 5.02 Å². The fourth-order valence-corrected chi connectivity index (χ4v) is 2.97. The summed E-state index contributed by atoms with van der Waals surface area (Å²) in [6.07, 6.45) is 0.891. The van der Waals surface area contributed by atoms with Gasteiger partial charge in [0, 0.05) is 36.9 Å².